The first-order valence-corrected chi connectivity index (χ1v) is 8.97. The molecule has 2 rings (SSSR count). The van der Waals surface area contributed by atoms with Crippen molar-refractivity contribution in [1.29, 1.82) is 0 Å². The number of nitrogens with one attached hydrogen (secondary N) is 1. The Morgan fingerprint density at radius 3 is 2.30 bits per heavy atom. The summed E-state index contributed by atoms with van der Waals surface area (Å²) in [7, 11) is -3.45. The fraction of sp³-hybridized carbons (Fsp3) is 0.600. The van der Waals surface area contributed by atoms with Gasteiger partial charge in [0.1, 0.15) is 0 Å². The lowest BCUT2D eigenvalue weighted by Crippen LogP contribution is -2.20. The predicted molar refractivity (Wildman–Crippen MR) is 82.9 cm³/mol. The minimum atomic E-state index is -3.45. The van der Waals surface area contributed by atoms with Crippen LogP contribution in [-0.4, -0.2) is 15.0 Å². The minimum Gasteiger partial charge on any atom is -0.385 e. The zero-order valence-electron chi connectivity index (χ0n) is 12.0. The molecule has 0 radical (unpaired) electrons. The van der Waals surface area contributed by atoms with Crippen molar-refractivity contribution in [3.63, 3.8) is 0 Å². The Morgan fingerprint density at radius 1 is 1.15 bits per heavy atom. The van der Waals surface area contributed by atoms with E-state index in [9.17, 15) is 8.42 Å². The highest BCUT2D eigenvalue weighted by Gasteiger charge is 2.17. The van der Waals surface area contributed by atoms with Crippen LogP contribution in [0.1, 0.15) is 38.2 Å². The van der Waals surface area contributed by atoms with Crippen LogP contribution in [-0.2, 0) is 15.8 Å². The average molecular weight is 296 g/mol. The second-order valence-corrected chi connectivity index (χ2v) is 7.63. The van der Waals surface area contributed by atoms with Gasteiger partial charge in [-0.2, -0.15) is 0 Å². The molecule has 1 aliphatic rings. The van der Waals surface area contributed by atoms with Crippen molar-refractivity contribution in [3.05, 3.63) is 29.8 Å². The highest BCUT2D eigenvalue weighted by molar-refractivity contribution is 7.88. The molecule has 0 amide bonds. The standard InChI is InChI=1S/C15H24N2O2S/c1-12-2-4-13(5-3-12)10-17-15-8-6-14(7-9-15)11-20(16,18)19/h6-9,12-13,17H,2-5,10-11H2,1H3,(H2,16,18,19). The van der Waals surface area contributed by atoms with E-state index in [0.29, 0.717) is 0 Å². The van der Waals surface area contributed by atoms with Gasteiger partial charge in [0, 0.05) is 12.2 Å². The first kappa shape index (κ1) is 15.3. The predicted octanol–water partition coefficient (Wildman–Crippen LogP) is 2.71. The molecule has 20 heavy (non-hydrogen) atoms. The maximum Gasteiger partial charge on any atom is 0.213 e. The van der Waals surface area contributed by atoms with Crippen LogP contribution in [0.4, 0.5) is 5.69 Å². The summed E-state index contributed by atoms with van der Waals surface area (Å²) in [5.74, 6) is 1.53. The maximum atomic E-state index is 11.0. The molecule has 0 aliphatic heterocycles. The smallest absolute Gasteiger partial charge is 0.213 e. The van der Waals surface area contributed by atoms with Crippen LogP contribution in [0.5, 0.6) is 0 Å². The molecule has 0 heterocycles. The number of benzene rings is 1. The van der Waals surface area contributed by atoms with Crippen LogP contribution in [0.2, 0.25) is 0 Å². The molecule has 1 fully saturated rings. The largest absolute Gasteiger partial charge is 0.385 e. The summed E-state index contributed by atoms with van der Waals surface area (Å²) in [5, 5.41) is 8.47. The average Bonchev–Trinajstić information content (AvgIpc) is 2.38. The lowest BCUT2D eigenvalue weighted by molar-refractivity contribution is 0.300. The van der Waals surface area contributed by atoms with E-state index in [4.69, 9.17) is 5.14 Å². The Balaban J connectivity index is 1.82. The van der Waals surface area contributed by atoms with E-state index in [-0.39, 0.29) is 5.75 Å². The summed E-state index contributed by atoms with van der Waals surface area (Å²) < 4.78 is 22.0. The lowest BCUT2D eigenvalue weighted by Gasteiger charge is -2.26. The van der Waals surface area contributed by atoms with E-state index < -0.39 is 10.0 Å². The summed E-state index contributed by atoms with van der Waals surface area (Å²) in [6, 6.07) is 7.48. The Hall–Kier alpha value is -1.07. The monoisotopic (exact) mass is 296 g/mol. The van der Waals surface area contributed by atoms with E-state index in [1.807, 2.05) is 24.3 Å². The molecule has 112 valence electrons. The van der Waals surface area contributed by atoms with Crippen molar-refractivity contribution in [2.24, 2.45) is 17.0 Å². The van der Waals surface area contributed by atoms with E-state index in [1.165, 1.54) is 25.7 Å². The van der Waals surface area contributed by atoms with E-state index in [2.05, 4.69) is 12.2 Å². The number of primary sulfonamides is 1. The molecule has 1 saturated carbocycles. The third-order valence-electron chi connectivity index (χ3n) is 4.05. The molecular formula is C15H24N2O2S. The Morgan fingerprint density at radius 2 is 1.75 bits per heavy atom. The molecular weight excluding hydrogens is 272 g/mol. The highest BCUT2D eigenvalue weighted by atomic mass is 32.2. The van der Waals surface area contributed by atoms with E-state index in [0.717, 1.165) is 29.6 Å². The molecule has 0 bridgehead atoms. The summed E-state index contributed by atoms with van der Waals surface area (Å²) in [5.41, 5.74) is 1.77. The molecule has 0 aromatic heterocycles. The third kappa shape index (κ3) is 5.13. The van der Waals surface area contributed by atoms with Gasteiger partial charge in [-0.1, -0.05) is 31.9 Å². The lowest BCUT2D eigenvalue weighted by atomic mass is 9.83. The fourth-order valence-corrected chi connectivity index (χ4v) is 3.40. The van der Waals surface area contributed by atoms with Crippen molar-refractivity contribution >= 4 is 15.7 Å². The van der Waals surface area contributed by atoms with Crippen molar-refractivity contribution < 1.29 is 8.42 Å². The summed E-state index contributed by atoms with van der Waals surface area (Å²) in [6.45, 7) is 3.33. The quantitative estimate of drug-likeness (QED) is 0.877. The van der Waals surface area contributed by atoms with Crippen LogP contribution in [0.3, 0.4) is 0 Å². The molecule has 1 aromatic rings. The Labute approximate surface area is 121 Å². The van der Waals surface area contributed by atoms with Gasteiger partial charge < -0.3 is 5.32 Å². The third-order valence-corrected chi connectivity index (χ3v) is 4.79. The maximum absolute atomic E-state index is 11.0. The zero-order chi connectivity index (χ0) is 14.6. The van der Waals surface area contributed by atoms with Crippen LogP contribution in [0.15, 0.2) is 24.3 Å². The summed E-state index contributed by atoms with van der Waals surface area (Å²) in [6.07, 6.45) is 5.27. The van der Waals surface area contributed by atoms with Crippen LogP contribution >= 0.6 is 0 Å². The van der Waals surface area contributed by atoms with Crippen molar-refractivity contribution in [2.75, 3.05) is 11.9 Å². The molecule has 4 nitrogen and oxygen atoms in total. The minimum absolute atomic E-state index is 0.103. The molecule has 3 N–H and O–H groups in total. The molecule has 0 atom stereocenters. The Bertz CT molecular complexity index is 517. The van der Waals surface area contributed by atoms with Gasteiger partial charge in [0.2, 0.25) is 10.0 Å². The zero-order valence-corrected chi connectivity index (χ0v) is 12.8. The SMILES string of the molecule is CC1CCC(CNc2ccc(CS(N)(=O)=O)cc2)CC1. The number of hydrogen-bond acceptors (Lipinski definition) is 3. The van der Waals surface area contributed by atoms with Crippen LogP contribution in [0, 0.1) is 11.8 Å². The summed E-state index contributed by atoms with van der Waals surface area (Å²) >= 11 is 0. The fourth-order valence-electron chi connectivity index (χ4n) is 2.75. The first-order chi connectivity index (χ1) is 9.42. The van der Waals surface area contributed by atoms with Crippen molar-refractivity contribution in [3.8, 4) is 0 Å². The topological polar surface area (TPSA) is 72.2 Å². The van der Waals surface area contributed by atoms with Gasteiger partial charge in [-0.05, 0) is 42.4 Å². The van der Waals surface area contributed by atoms with E-state index >= 15 is 0 Å². The number of rotatable bonds is 5. The van der Waals surface area contributed by atoms with Gasteiger partial charge in [0.25, 0.3) is 0 Å². The molecule has 0 saturated heterocycles. The number of sulfonamides is 1. The number of nitrogens with two attached hydrogens (primary N) is 1. The van der Waals surface area contributed by atoms with Gasteiger partial charge in [-0.3, -0.25) is 0 Å². The van der Waals surface area contributed by atoms with Gasteiger partial charge in [-0.15, -0.1) is 0 Å². The number of hydrogen-bond donors (Lipinski definition) is 2. The second kappa shape index (κ2) is 6.59. The molecule has 1 aromatic carbocycles. The number of anilines is 1. The van der Waals surface area contributed by atoms with Crippen LogP contribution in [0.25, 0.3) is 0 Å². The Kier molecular flexibility index (Phi) is 5.05. The molecule has 0 spiro atoms. The molecule has 1 aliphatic carbocycles. The van der Waals surface area contributed by atoms with E-state index in [1.54, 1.807) is 0 Å². The van der Waals surface area contributed by atoms with Gasteiger partial charge in [0.15, 0.2) is 0 Å². The highest BCUT2D eigenvalue weighted by Crippen LogP contribution is 2.28. The summed E-state index contributed by atoms with van der Waals surface area (Å²) in [4.78, 5) is 0. The van der Waals surface area contributed by atoms with Gasteiger partial charge >= 0.3 is 0 Å². The van der Waals surface area contributed by atoms with Crippen molar-refractivity contribution in [2.45, 2.75) is 38.4 Å². The second-order valence-electron chi connectivity index (χ2n) is 6.01. The first-order valence-electron chi connectivity index (χ1n) is 7.25. The van der Waals surface area contributed by atoms with Gasteiger partial charge in [0.05, 0.1) is 5.75 Å². The molecule has 0 unspecified atom stereocenters. The van der Waals surface area contributed by atoms with Crippen molar-refractivity contribution in [1.82, 2.24) is 0 Å². The molecule has 5 heteroatoms. The normalized spacial score (nSPS) is 23.5. The van der Waals surface area contributed by atoms with Crippen LogP contribution < -0.4 is 10.5 Å². The van der Waals surface area contributed by atoms with Gasteiger partial charge in [-0.25, -0.2) is 13.6 Å².